The molecule has 1 aliphatic heterocycles. The fourth-order valence-corrected chi connectivity index (χ4v) is 5.71. The van der Waals surface area contributed by atoms with Crippen LogP contribution in [0.4, 0.5) is 23.4 Å². The Labute approximate surface area is 190 Å². The third-order valence-corrected chi connectivity index (χ3v) is 7.65. The van der Waals surface area contributed by atoms with Gasteiger partial charge in [-0.2, -0.15) is 13.9 Å². The summed E-state index contributed by atoms with van der Waals surface area (Å²) in [6.45, 7) is 1.58. The molecule has 5 unspecified atom stereocenters. The maximum atomic E-state index is 13.6. The maximum Gasteiger partial charge on any atom is 0.387 e. The fourth-order valence-electron chi connectivity index (χ4n) is 5.71. The Morgan fingerprint density at radius 2 is 1.82 bits per heavy atom. The van der Waals surface area contributed by atoms with Gasteiger partial charge in [-0.25, -0.2) is 13.8 Å². The van der Waals surface area contributed by atoms with Gasteiger partial charge in [0.1, 0.15) is 12.3 Å². The van der Waals surface area contributed by atoms with Crippen LogP contribution in [0.1, 0.15) is 50.8 Å². The van der Waals surface area contributed by atoms with E-state index in [4.69, 9.17) is 10.8 Å². The Hall–Kier alpha value is -2.36. The van der Waals surface area contributed by atoms with Crippen molar-refractivity contribution in [2.24, 2.45) is 11.8 Å². The van der Waals surface area contributed by atoms with Gasteiger partial charge in [-0.1, -0.05) is 6.92 Å². The molecular formula is C23H29F4N5O. The number of anilines is 1. The van der Waals surface area contributed by atoms with E-state index in [2.05, 4.69) is 23.6 Å². The molecule has 2 aromatic heterocycles. The van der Waals surface area contributed by atoms with Crippen molar-refractivity contribution in [3.05, 3.63) is 24.0 Å². The molecule has 3 fully saturated rings. The standard InChI is InChI=1S/C23H29F4N5O/c1-3-11(2)32-19(7-18(30-32)12-4-20(33-23(26)27)22(28)29-8-12)21-14-5-13(6-15(14)21)31-9-16(24)17(25)10-31/h4,7-8,11,13-17,21,23H,3,5-6,9-10H2,1-2H3,(H2,28,29). The van der Waals surface area contributed by atoms with Crippen LogP contribution in [0.25, 0.3) is 11.3 Å². The highest BCUT2D eigenvalue weighted by Gasteiger charge is 2.59. The molecule has 33 heavy (non-hydrogen) atoms. The Bertz CT molecular complexity index is 995. The van der Waals surface area contributed by atoms with E-state index in [1.165, 1.54) is 12.3 Å². The van der Waals surface area contributed by atoms with Crippen LogP contribution in [0.2, 0.25) is 0 Å². The zero-order valence-corrected chi connectivity index (χ0v) is 18.7. The summed E-state index contributed by atoms with van der Waals surface area (Å²) in [6, 6.07) is 3.86. The number of nitrogens with zero attached hydrogens (tertiary/aromatic N) is 4. The van der Waals surface area contributed by atoms with Gasteiger partial charge < -0.3 is 10.5 Å². The number of pyridine rings is 1. The minimum atomic E-state index is -2.99. The van der Waals surface area contributed by atoms with Crippen LogP contribution in [0.5, 0.6) is 5.75 Å². The third kappa shape index (κ3) is 4.06. The van der Waals surface area contributed by atoms with Crippen molar-refractivity contribution >= 4 is 5.82 Å². The summed E-state index contributed by atoms with van der Waals surface area (Å²) in [4.78, 5) is 5.97. The van der Waals surface area contributed by atoms with Crippen molar-refractivity contribution in [3.8, 4) is 17.0 Å². The molecular weight excluding hydrogens is 438 g/mol. The van der Waals surface area contributed by atoms with E-state index in [9.17, 15) is 17.6 Å². The number of hydrogen-bond donors (Lipinski definition) is 1. The second-order valence-electron chi connectivity index (χ2n) is 9.61. The number of ether oxygens (including phenoxy) is 1. The zero-order chi connectivity index (χ0) is 23.4. The maximum absolute atomic E-state index is 13.6. The van der Waals surface area contributed by atoms with E-state index in [0.29, 0.717) is 29.0 Å². The quantitative estimate of drug-likeness (QED) is 0.604. The largest absolute Gasteiger partial charge is 0.431 e. The lowest BCUT2D eigenvalue weighted by atomic mass is 10.0. The lowest BCUT2D eigenvalue weighted by molar-refractivity contribution is -0.0494. The first-order valence-corrected chi connectivity index (χ1v) is 11.6. The number of nitrogen functional groups attached to an aromatic ring is 1. The Kier molecular flexibility index (Phi) is 5.74. The normalized spacial score (nSPS) is 32.3. The van der Waals surface area contributed by atoms with Crippen LogP contribution < -0.4 is 10.5 Å². The van der Waals surface area contributed by atoms with Crippen molar-refractivity contribution in [3.63, 3.8) is 0 Å². The summed E-state index contributed by atoms with van der Waals surface area (Å²) < 4.78 is 59.3. The number of hydrogen-bond acceptors (Lipinski definition) is 5. The predicted molar refractivity (Wildman–Crippen MR) is 116 cm³/mol. The van der Waals surface area contributed by atoms with E-state index in [0.717, 1.165) is 25.0 Å². The summed E-state index contributed by atoms with van der Waals surface area (Å²) in [7, 11) is 0. The monoisotopic (exact) mass is 467 g/mol. The molecule has 0 amide bonds. The first-order chi connectivity index (χ1) is 15.8. The highest BCUT2D eigenvalue weighted by molar-refractivity contribution is 5.64. The van der Waals surface area contributed by atoms with Crippen LogP contribution in [0.15, 0.2) is 18.3 Å². The Morgan fingerprint density at radius 3 is 2.42 bits per heavy atom. The van der Waals surface area contributed by atoms with Gasteiger partial charge in [-0.15, -0.1) is 0 Å². The number of halogens is 4. The van der Waals surface area contributed by atoms with Gasteiger partial charge in [0.05, 0.1) is 5.69 Å². The highest BCUT2D eigenvalue weighted by atomic mass is 19.3. The SMILES string of the molecule is CCC(C)n1nc(-c2cnc(N)c(OC(F)F)c2)cc1C1C2CC(N3CC(F)C(F)C3)CC21. The average Bonchev–Trinajstić information content (AvgIpc) is 3.16. The molecule has 5 rings (SSSR count). The molecule has 180 valence electrons. The van der Waals surface area contributed by atoms with E-state index >= 15 is 0 Å². The second-order valence-corrected chi connectivity index (χ2v) is 9.61. The summed E-state index contributed by atoms with van der Waals surface area (Å²) in [6.07, 6.45) is 1.52. The highest BCUT2D eigenvalue weighted by Crippen LogP contribution is 2.64. The van der Waals surface area contributed by atoms with Crippen molar-refractivity contribution in [1.82, 2.24) is 19.7 Å². The van der Waals surface area contributed by atoms with Gasteiger partial charge >= 0.3 is 6.61 Å². The number of alkyl halides is 4. The number of rotatable bonds is 7. The molecule has 0 aromatic carbocycles. The Balaban J connectivity index is 1.37. The lowest BCUT2D eigenvalue weighted by Crippen LogP contribution is -2.33. The molecule has 2 aliphatic carbocycles. The number of aromatic nitrogens is 3. The number of nitrogens with two attached hydrogens (primary N) is 1. The van der Waals surface area contributed by atoms with Gasteiger partial charge in [0, 0.05) is 48.5 Å². The third-order valence-electron chi connectivity index (χ3n) is 7.65. The van der Waals surface area contributed by atoms with Crippen molar-refractivity contribution in [1.29, 1.82) is 0 Å². The predicted octanol–water partition coefficient (Wildman–Crippen LogP) is 4.58. The van der Waals surface area contributed by atoms with Crippen LogP contribution >= 0.6 is 0 Å². The van der Waals surface area contributed by atoms with Crippen LogP contribution in [-0.4, -0.2) is 57.8 Å². The van der Waals surface area contributed by atoms with Crippen molar-refractivity contribution < 1.29 is 22.3 Å². The van der Waals surface area contributed by atoms with E-state index in [1.54, 1.807) is 0 Å². The van der Waals surface area contributed by atoms with E-state index < -0.39 is 19.0 Å². The molecule has 6 nitrogen and oxygen atoms in total. The molecule has 0 bridgehead atoms. The smallest absolute Gasteiger partial charge is 0.387 e. The average molecular weight is 468 g/mol. The molecule has 10 heteroatoms. The zero-order valence-electron chi connectivity index (χ0n) is 18.7. The minimum Gasteiger partial charge on any atom is -0.431 e. The summed E-state index contributed by atoms with van der Waals surface area (Å²) in [5, 5.41) is 4.79. The van der Waals surface area contributed by atoms with E-state index in [-0.39, 0.29) is 36.7 Å². The first-order valence-electron chi connectivity index (χ1n) is 11.6. The van der Waals surface area contributed by atoms with E-state index in [1.807, 2.05) is 15.6 Å². The molecule has 5 atom stereocenters. The second kappa shape index (κ2) is 8.45. The first kappa shape index (κ1) is 22.4. The molecule has 0 radical (unpaired) electrons. The van der Waals surface area contributed by atoms with Gasteiger partial charge in [-0.05, 0) is 50.2 Å². The number of fused-ring (bicyclic) bond motifs is 1. The molecule has 3 aliphatic rings. The molecule has 1 saturated heterocycles. The summed E-state index contributed by atoms with van der Waals surface area (Å²) in [5.41, 5.74) is 8.00. The van der Waals surface area contributed by atoms with Crippen LogP contribution in [-0.2, 0) is 0 Å². The summed E-state index contributed by atoms with van der Waals surface area (Å²) >= 11 is 0. The molecule has 2 N–H and O–H groups in total. The molecule has 3 heterocycles. The van der Waals surface area contributed by atoms with Gasteiger partial charge in [0.15, 0.2) is 11.6 Å². The molecule has 2 aromatic rings. The van der Waals surface area contributed by atoms with Crippen molar-refractivity contribution in [2.75, 3.05) is 18.8 Å². The van der Waals surface area contributed by atoms with Gasteiger partial charge in [-0.3, -0.25) is 9.58 Å². The Morgan fingerprint density at radius 1 is 1.15 bits per heavy atom. The lowest BCUT2D eigenvalue weighted by Gasteiger charge is -2.25. The van der Waals surface area contributed by atoms with Crippen LogP contribution in [0, 0.1) is 11.8 Å². The summed E-state index contributed by atoms with van der Waals surface area (Å²) in [5.74, 6) is 1.02. The minimum absolute atomic E-state index is 0.101. The van der Waals surface area contributed by atoms with Gasteiger partial charge in [0.25, 0.3) is 0 Å². The molecule has 0 spiro atoms. The number of likely N-dealkylation sites (tertiary alicyclic amines) is 1. The van der Waals surface area contributed by atoms with Crippen LogP contribution in [0.3, 0.4) is 0 Å². The van der Waals surface area contributed by atoms with Gasteiger partial charge in [0.2, 0.25) is 0 Å². The fraction of sp³-hybridized carbons (Fsp3) is 0.652. The van der Waals surface area contributed by atoms with Crippen molar-refractivity contribution in [2.45, 2.75) is 70.1 Å². The topological polar surface area (TPSA) is 69.2 Å². The molecule has 2 saturated carbocycles.